The second-order valence-electron chi connectivity index (χ2n) is 15.0. The molecule has 348 valence electrons. The van der Waals surface area contributed by atoms with Crippen LogP contribution in [0, 0.1) is 6.92 Å². The van der Waals surface area contributed by atoms with Crippen LogP contribution in [0.4, 0.5) is 8.63 Å². The molecule has 66 heavy (non-hydrogen) atoms. The van der Waals surface area contributed by atoms with Crippen LogP contribution >= 0.6 is 0 Å². The van der Waals surface area contributed by atoms with Crippen molar-refractivity contribution in [3.63, 3.8) is 0 Å². The van der Waals surface area contributed by atoms with Crippen LogP contribution in [0.25, 0.3) is 45.3 Å². The van der Waals surface area contributed by atoms with Gasteiger partial charge in [-0.2, -0.15) is 0 Å². The van der Waals surface area contributed by atoms with Gasteiger partial charge in [-0.3, -0.25) is 8.63 Å². The SMILES string of the molecule is COCCOCCOCCOc1ccc(/C=C/C2=NC(=C(/C(=O)OC)c3c(C)cc(/C=C/c4ccc(OCCOCCOCCOC)c5ccccc45)n3B(F)F)/C(C)=C2)c2ccccc12. The summed E-state index contributed by atoms with van der Waals surface area (Å²) < 4.78 is 80.8. The quantitative estimate of drug-likeness (QED) is 0.0219. The summed E-state index contributed by atoms with van der Waals surface area (Å²) in [6, 6.07) is 24.9. The highest BCUT2D eigenvalue weighted by Gasteiger charge is 2.33. The fourth-order valence-electron chi connectivity index (χ4n) is 7.45. The molecule has 12 nitrogen and oxygen atoms in total. The number of carbonyl (C=O) groups is 1. The average Bonchev–Trinajstić information content (AvgIpc) is 3.87. The highest BCUT2D eigenvalue weighted by Crippen LogP contribution is 2.36. The number of esters is 1. The second-order valence-corrected chi connectivity index (χ2v) is 15.0. The van der Waals surface area contributed by atoms with E-state index in [-0.39, 0.29) is 22.7 Å². The Hall–Kier alpha value is -5.94. The molecule has 0 saturated carbocycles. The summed E-state index contributed by atoms with van der Waals surface area (Å²) in [5.74, 6) is 0.614. The molecular weight excluding hydrogens is 849 g/mol. The summed E-state index contributed by atoms with van der Waals surface area (Å²) in [6.07, 6.45) is 8.98. The van der Waals surface area contributed by atoms with Crippen molar-refractivity contribution in [2.24, 2.45) is 4.99 Å². The molecule has 6 rings (SSSR count). The van der Waals surface area contributed by atoms with Gasteiger partial charge in [0.1, 0.15) is 30.3 Å². The molecule has 15 heteroatoms. The van der Waals surface area contributed by atoms with Crippen LogP contribution in [0.1, 0.15) is 35.0 Å². The van der Waals surface area contributed by atoms with E-state index in [9.17, 15) is 4.79 Å². The molecule has 0 amide bonds. The van der Waals surface area contributed by atoms with Crippen molar-refractivity contribution >= 4 is 64.4 Å². The molecule has 0 aliphatic carbocycles. The smallest absolute Gasteiger partial charge is 0.491 e. The van der Waals surface area contributed by atoms with Crippen molar-refractivity contribution in [2.75, 3.05) is 101 Å². The number of hydrogen-bond acceptors (Lipinski definition) is 11. The van der Waals surface area contributed by atoms with E-state index >= 15 is 8.63 Å². The van der Waals surface area contributed by atoms with Gasteiger partial charge in [0.2, 0.25) is 0 Å². The summed E-state index contributed by atoms with van der Waals surface area (Å²) in [4.78, 5) is 18.4. The molecule has 0 spiro atoms. The summed E-state index contributed by atoms with van der Waals surface area (Å²) in [6.45, 7) is 8.93. The third-order valence-electron chi connectivity index (χ3n) is 10.6. The number of allylic oxidation sites excluding steroid dienone is 3. The Bertz CT molecular complexity index is 2570. The number of halogens is 2. The highest BCUT2D eigenvalue weighted by atomic mass is 19.2. The molecule has 0 unspecified atom stereocenters. The number of hydrogen-bond donors (Lipinski definition) is 0. The van der Waals surface area contributed by atoms with E-state index < -0.39 is 13.4 Å². The molecule has 1 aromatic heterocycles. The first-order chi connectivity index (χ1) is 32.2. The van der Waals surface area contributed by atoms with Gasteiger partial charge >= 0.3 is 13.4 Å². The topological polar surface area (TPSA) is 117 Å². The Morgan fingerprint density at radius 1 is 0.606 bits per heavy atom. The van der Waals surface area contributed by atoms with E-state index in [1.165, 1.54) is 7.11 Å². The van der Waals surface area contributed by atoms with E-state index in [0.29, 0.717) is 102 Å². The normalized spacial score (nSPS) is 13.6. The fraction of sp³-hybridized carbons (Fsp3) is 0.333. The van der Waals surface area contributed by atoms with Gasteiger partial charge in [0, 0.05) is 30.7 Å². The van der Waals surface area contributed by atoms with Crippen molar-refractivity contribution in [3.8, 4) is 11.5 Å². The van der Waals surface area contributed by atoms with E-state index in [0.717, 1.165) is 42.9 Å². The Morgan fingerprint density at radius 2 is 1.08 bits per heavy atom. The summed E-state index contributed by atoms with van der Waals surface area (Å²) in [5, 5.41) is 3.63. The van der Waals surface area contributed by atoms with Gasteiger partial charge < -0.3 is 47.1 Å². The lowest BCUT2D eigenvalue weighted by Crippen LogP contribution is -2.21. The van der Waals surface area contributed by atoms with Gasteiger partial charge in [-0.15, -0.1) is 0 Å². The van der Waals surface area contributed by atoms with Crippen LogP contribution in [-0.2, 0) is 38.0 Å². The maximum absolute atomic E-state index is 15.2. The van der Waals surface area contributed by atoms with Gasteiger partial charge in [-0.25, -0.2) is 9.79 Å². The monoisotopic (exact) mass is 906 g/mol. The van der Waals surface area contributed by atoms with Gasteiger partial charge in [-0.05, 0) is 83.3 Å². The number of carbonyl (C=O) groups excluding carboxylic acids is 1. The van der Waals surface area contributed by atoms with Crippen LogP contribution < -0.4 is 9.47 Å². The predicted molar refractivity (Wildman–Crippen MR) is 257 cm³/mol. The number of fused-ring (bicyclic) bond motifs is 2. The van der Waals surface area contributed by atoms with Crippen LogP contribution in [0.3, 0.4) is 0 Å². The Kier molecular flexibility index (Phi) is 19.3. The lowest BCUT2D eigenvalue weighted by Gasteiger charge is -2.14. The Morgan fingerprint density at radius 3 is 1.56 bits per heavy atom. The molecule has 1 aliphatic rings. The summed E-state index contributed by atoms with van der Waals surface area (Å²) in [7, 11) is 1.49. The molecule has 2 heterocycles. The van der Waals surface area contributed by atoms with E-state index in [1.807, 2.05) is 91.0 Å². The van der Waals surface area contributed by atoms with E-state index in [1.54, 1.807) is 46.3 Å². The van der Waals surface area contributed by atoms with Crippen LogP contribution in [0.15, 0.2) is 107 Å². The van der Waals surface area contributed by atoms with Gasteiger partial charge in [0.15, 0.2) is 0 Å². The van der Waals surface area contributed by atoms with Crippen molar-refractivity contribution in [3.05, 3.63) is 130 Å². The molecule has 0 atom stereocenters. The number of aryl methyl sites for hydroxylation is 1. The molecule has 0 bridgehead atoms. The molecule has 0 N–H and O–H groups in total. The minimum absolute atomic E-state index is 0.0213. The maximum Gasteiger partial charge on any atom is 0.678 e. The third-order valence-corrected chi connectivity index (χ3v) is 10.6. The number of rotatable bonds is 27. The first kappa shape index (κ1) is 49.5. The number of aromatic nitrogens is 1. The van der Waals surface area contributed by atoms with Crippen molar-refractivity contribution in [2.45, 2.75) is 13.8 Å². The number of methoxy groups -OCH3 is 3. The highest BCUT2D eigenvalue weighted by molar-refractivity contribution is 6.42. The van der Waals surface area contributed by atoms with Gasteiger partial charge in [0.05, 0.1) is 90.3 Å². The predicted octanol–water partition coefficient (Wildman–Crippen LogP) is 9.16. The molecular formula is C51H57BF2N2O10. The fourth-order valence-corrected chi connectivity index (χ4v) is 7.45. The molecule has 1 aliphatic heterocycles. The average molecular weight is 907 g/mol. The number of nitrogens with zero attached hydrogens (tertiary/aromatic N) is 2. The van der Waals surface area contributed by atoms with E-state index in [4.69, 9.17) is 47.6 Å². The van der Waals surface area contributed by atoms with Crippen molar-refractivity contribution in [1.82, 2.24) is 4.48 Å². The first-order valence-corrected chi connectivity index (χ1v) is 21.8. The molecule has 0 fully saturated rings. The molecule has 0 radical (unpaired) electrons. The third kappa shape index (κ3) is 13.1. The lowest BCUT2D eigenvalue weighted by molar-refractivity contribution is -0.133. The largest absolute Gasteiger partial charge is 0.678 e. The Balaban J connectivity index is 1.20. The van der Waals surface area contributed by atoms with Crippen LogP contribution in [0.5, 0.6) is 11.5 Å². The Labute approximate surface area is 385 Å². The van der Waals surface area contributed by atoms with E-state index in [2.05, 4.69) is 0 Å². The summed E-state index contributed by atoms with van der Waals surface area (Å²) >= 11 is 0. The summed E-state index contributed by atoms with van der Waals surface area (Å²) in [5.41, 5.74) is 3.74. The lowest BCUT2D eigenvalue weighted by atomic mass is 10.0. The zero-order valence-electron chi connectivity index (χ0n) is 38.2. The number of benzene rings is 4. The first-order valence-electron chi connectivity index (χ1n) is 21.8. The van der Waals surface area contributed by atoms with Crippen LogP contribution in [0.2, 0.25) is 0 Å². The molecule has 5 aromatic rings. The number of ether oxygens (including phenoxy) is 9. The van der Waals surface area contributed by atoms with Crippen molar-refractivity contribution < 1.29 is 56.1 Å². The van der Waals surface area contributed by atoms with Crippen LogP contribution in [-0.4, -0.2) is 124 Å². The second kappa shape index (κ2) is 25.7. The van der Waals surface area contributed by atoms with Gasteiger partial charge in [0.25, 0.3) is 0 Å². The zero-order chi connectivity index (χ0) is 46.7. The molecule has 4 aromatic carbocycles. The standard InChI is InChI=1S/C51H57BF2N2O10/c1-36-34-40(18-14-38-16-20-46(44-12-8-6-10-42(38)44)65-32-30-63-28-26-61-24-22-58-3)55-49(36)48(51(57)60-5)50-37(2)35-41(56(50)52(53)54)19-15-39-17-21-47(45-13-9-7-11-43(39)45)66-33-31-64-29-27-62-25-23-59-4/h6-21,34-35H,22-33H2,1-5H3/b18-14+,19-15+,49-48+. The molecule has 0 saturated heterocycles. The minimum atomic E-state index is -2.99. The maximum atomic E-state index is 15.2. The van der Waals surface area contributed by atoms with Crippen molar-refractivity contribution in [1.29, 1.82) is 0 Å². The van der Waals surface area contributed by atoms with Gasteiger partial charge in [-0.1, -0.05) is 72.8 Å². The number of aliphatic imine (C=N–C) groups is 1. The minimum Gasteiger partial charge on any atom is -0.491 e. The zero-order valence-corrected chi connectivity index (χ0v) is 38.2.